The van der Waals surface area contributed by atoms with Crippen LogP contribution in [0.25, 0.3) is 0 Å². The summed E-state index contributed by atoms with van der Waals surface area (Å²) in [5.41, 5.74) is 0. The predicted octanol–water partition coefficient (Wildman–Crippen LogP) is 0.343. The number of rotatable bonds is 2. The quantitative estimate of drug-likeness (QED) is 0.749. The Balaban J connectivity index is 2.96. The maximum atomic E-state index is 11.8. The van der Waals surface area contributed by atoms with Crippen LogP contribution in [0.15, 0.2) is 0 Å². The summed E-state index contributed by atoms with van der Waals surface area (Å²) in [4.78, 5) is 24.2. The number of thioether (sulfide) groups is 2. The summed E-state index contributed by atoms with van der Waals surface area (Å²) >= 11 is 2.70. The van der Waals surface area contributed by atoms with Gasteiger partial charge in [0.1, 0.15) is 0 Å². The van der Waals surface area contributed by atoms with Gasteiger partial charge in [-0.3, -0.25) is 9.59 Å². The van der Waals surface area contributed by atoms with Gasteiger partial charge in [0.15, 0.2) is 10.2 Å². The van der Waals surface area contributed by atoms with Gasteiger partial charge in [0.2, 0.25) is 0 Å². The van der Waals surface area contributed by atoms with E-state index in [0.717, 1.165) is 0 Å². The molecule has 0 radical (unpaired) electrons. The Morgan fingerprint density at radius 3 is 2.43 bits per heavy atom. The first-order valence-corrected chi connectivity index (χ1v) is 6.65. The first kappa shape index (κ1) is 11.7. The Morgan fingerprint density at radius 1 is 1.43 bits per heavy atom. The second-order valence-electron chi connectivity index (χ2n) is 3.17. The van der Waals surface area contributed by atoms with E-state index in [1.807, 2.05) is 6.26 Å². The van der Waals surface area contributed by atoms with Crippen molar-refractivity contribution in [1.82, 2.24) is 10.2 Å². The van der Waals surface area contributed by atoms with E-state index in [-0.39, 0.29) is 11.8 Å². The molecule has 0 unspecified atom stereocenters. The molecule has 0 aromatic rings. The average molecular weight is 234 g/mol. The number of carbonyl (C=O) groups is 2. The molecule has 2 amide bonds. The van der Waals surface area contributed by atoms with Crippen LogP contribution in [0, 0.1) is 0 Å². The van der Waals surface area contributed by atoms with Crippen LogP contribution in [-0.2, 0) is 9.59 Å². The lowest BCUT2D eigenvalue weighted by atomic mass is 10.2. The summed E-state index contributed by atoms with van der Waals surface area (Å²) in [7, 11) is 1.67. The van der Waals surface area contributed by atoms with Crippen molar-refractivity contribution in [2.75, 3.05) is 19.6 Å². The summed E-state index contributed by atoms with van der Waals surface area (Å²) in [6.45, 7) is 1.75. The van der Waals surface area contributed by atoms with Crippen LogP contribution in [-0.4, -0.2) is 46.5 Å². The van der Waals surface area contributed by atoms with E-state index in [1.54, 1.807) is 20.2 Å². The van der Waals surface area contributed by atoms with E-state index in [0.29, 0.717) is 0 Å². The molecule has 14 heavy (non-hydrogen) atoms. The molecule has 80 valence electrons. The van der Waals surface area contributed by atoms with Crippen molar-refractivity contribution in [2.45, 2.75) is 17.2 Å². The Bertz CT molecular complexity index is 270. The molecule has 1 N–H and O–H groups in total. The van der Waals surface area contributed by atoms with Crippen molar-refractivity contribution < 1.29 is 9.59 Å². The Labute approximate surface area is 92.2 Å². The van der Waals surface area contributed by atoms with Crippen LogP contribution in [0.1, 0.15) is 6.92 Å². The molecular formula is C8H14N2O2S2. The van der Waals surface area contributed by atoms with Gasteiger partial charge in [-0.15, -0.1) is 23.5 Å². The van der Waals surface area contributed by atoms with Gasteiger partial charge in [0.05, 0.1) is 0 Å². The standard InChI is InChI=1S/C8H14N2O2S2/c1-8(14-4)7(12)9-5(13-3)6(11)10(8)2/h5H,1-4H3,(H,9,12)/t5-,8-/m1/s1. The van der Waals surface area contributed by atoms with Gasteiger partial charge in [-0.05, 0) is 19.4 Å². The fraction of sp³-hybridized carbons (Fsp3) is 0.750. The predicted molar refractivity (Wildman–Crippen MR) is 60.1 cm³/mol. The van der Waals surface area contributed by atoms with Crippen LogP contribution in [0.3, 0.4) is 0 Å². The van der Waals surface area contributed by atoms with Crippen LogP contribution in [0.2, 0.25) is 0 Å². The van der Waals surface area contributed by atoms with E-state index in [4.69, 9.17) is 0 Å². The number of hydrogen-bond acceptors (Lipinski definition) is 4. The topological polar surface area (TPSA) is 49.4 Å². The molecule has 1 aliphatic heterocycles. The lowest BCUT2D eigenvalue weighted by Gasteiger charge is -2.42. The molecule has 1 saturated heterocycles. The summed E-state index contributed by atoms with van der Waals surface area (Å²) < 4.78 is 0. The summed E-state index contributed by atoms with van der Waals surface area (Å²) in [6.07, 6.45) is 3.63. The Hall–Kier alpha value is -0.360. The zero-order valence-electron chi connectivity index (χ0n) is 8.66. The second kappa shape index (κ2) is 4.02. The zero-order valence-corrected chi connectivity index (χ0v) is 10.3. The lowest BCUT2D eigenvalue weighted by Crippen LogP contribution is -2.65. The highest BCUT2D eigenvalue weighted by atomic mass is 32.2. The molecule has 1 heterocycles. The van der Waals surface area contributed by atoms with Gasteiger partial charge in [-0.2, -0.15) is 0 Å². The fourth-order valence-corrected chi connectivity index (χ4v) is 2.44. The number of piperazine rings is 1. The SMILES string of the molecule is CS[C@H]1NC(=O)[C@@](C)(SC)N(C)C1=O. The van der Waals surface area contributed by atoms with Crippen molar-refractivity contribution in [2.24, 2.45) is 0 Å². The number of hydrogen-bond donors (Lipinski definition) is 1. The van der Waals surface area contributed by atoms with E-state index in [2.05, 4.69) is 5.32 Å². The minimum Gasteiger partial charge on any atom is -0.333 e. The molecule has 4 nitrogen and oxygen atoms in total. The van der Waals surface area contributed by atoms with Crippen LogP contribution in [0.5, 0.6) is 0 Å². The van der Waals surface area contributed by atoms with Crippen molar-refractivity contribution in [1.29, 1.82) is 0 Å². The molecular weight excluding hydrogens is 220 g/mol. The highest BCUT2D eigenvalue weighted by Crippen LogP contribution is 2.31. The molecule has 0 saturated carbocycles. The molecule has 6 heteroatoms. The molecule has 1 fully saturated rings. The summed E-state index contributed by atoms with van der Waals surface area (Å²) in [5, 5.41) is 2.26. The van der Waals surface area contributed by atoms with Gasteiger partial charge in [0.25, 0.3) is 11.8 Å². The van der Waals surface area contributed by atoms with Gasteiger partial charge in [0, 0.05) is 7.05 Å². The number of likely N-dealkylation sites (N-methyl/N-ethyl adjacent to an activating group) is 1. The second-order valence-corrected chi connectivity index (χ2v) is 5.32. The van der Waals surface area contributed by atoms with Crippen molar-refractivity contribution in [3.63, 3.8) is 0 Å². The largest absolute Gasteiger partial charge is 0.333 e. The van der Waals surface area contributed by atoms with Crippen molar-refractivity contribution >= 4 is 35.3 Å². The number of nitrogens with zero attached hydrogens (tertiary/aromatic N) is 1. The molecule has 0 aromatic carbocycles. The average Bonchev–Trinajstić information content (AvgIpc) is 2.20. The summed E-state index contributed by atoms with van der Waals surface area (Å²) in [5.74, 6) is -0.152. The van der Waals surface area contributed by atoms with Gasteiger partial charge in [-0.25, -0.2) is 0 Å². The third-order valence-electron chi connectivity index (χ3n) is 2.51. The molecule has 1 aliphatic rings. The zero-order chi connectivity index (χ0) is 10.9. The fourth-order valence-electron chi connectivity index (χ4n) is 1.24. The van der Waals surface area contributed by atoms with E-state index < -0.39 is 10.2 Å². The highest BCUT2D eigenvalue weighted by Gasteiger charge is 2.46. The smallest absolute Gasteiger partial charge is 0.257 e. The maximum Gasteiger partial charge on any atom is 0.257 e. The van der Waals surface area contributed by atoms with Gasteiger partial charge >= 0.3 is 0 Å². The Morgan fingerprint density at radius 2 is 2.00 bits per heavy atom. The number of amides is 2. The number of nitrogens with one attached hydrogen (secondary N) is 1. The molecule has 0 aromatic heterocycles. The third-order valence-corrected chi connectivity index (χ3v) is 4.56. The highest BCUT2D eigenvalue weighted by molar-refractivity contribution is 8.01. The first-order chi connectivity index (χ1) is 6.47. The van der Waals surface area contributed by atoms with Crippen molar-refractivity contribution in [3.05, 3.63) is 0 Å². The minimum absolute atomic E-state index is 0.0473. The van der Waals surface area contributed by atoms with Gasteiger partial charge in [-0.1, -0.05) is 0 Å². The van der Waals surface area contributed by atoms with Crippen LogP contribution in [0.4, 0.5) is 0 Å². The van der Waals surface area contributed by atoms with E-state index >= 15 is 0 Å². The maximum absolute atomic E-state index is 11.8. The monoisotopic (exact) mass is 234 g/mol. The van der Waals surface area contributed by atoms with Crippen LogP contribution < -0.4 is 5.32 Å². The first-order valence-electron chi connectivity index (χ1n) is 4.14. The third kappa shape index (κ3) is 1.61. The van der Waals surface area contributed by atoms with E-state index in [9.17, 15) is 9.59 Å². The summed E-state index contributed by atoms with van der Waals surface area (Å²) in [6, 6.07) is 0. The molecule has 0 aliphatic carbocycles. The number of carbonyl (C=O) groups excluding carboxylic acids is 2. The molecule has 0 spiro atoms. The minimum atomic E-state index is -0.774. The lowest BCUT2D eigenvalue weighted by molar-refractivity contribution is -0.146. The van der Waals surface area contributed by atoms with Crippen molar-refractivity contribution in [3.8, 4) is 0 Å². The van der Waals surface area contributed by atoms with Crippen LogP contribution >= 0.6 is 23.5 Å². The molecule has 2 atom stereocenters. The molecule has 1 rings (SSSR count). The Kier molecular flexibility index (Phi) is 3.36. The van der Waals surface area contributed by atoms with E-state index in [1.165, 1.54) is 28.4 Å². The molecule has 0 bridgehead atoms. The normalized spacial score (nSPS) is 33.1. The van der Waals surface area contributed by atoms with Gasteiger partial charge < -0.3 is 10.2 Å².